The van der Waals surface area contributed by atoms with Crippen LogP contribution >= 0.6 is 23.2 Å². The van der Waals surface area contributed by atoms with Gasteiger partial charge in [-0.05, 0) is 12.1 Å². The van der Waals surface area contributed by atoms with Gasteiger partial charge in [0.2, 0.25) is 0 Å². The fourth-order valence-corrected chi connectivity index (χ4v) is 2.95. The molecule has 0 radical (unpaired) electrons. The molecule has 2 aromatic rings. The standard InChI is InChI=1S/C13H10Cl2N2O2/c14-13(15)7-11(19-8-18)17(13)10-5-1-3-9-4-2-6-16-12(9)10/h1-6,8,11H,7H2. The van der Waals surface area contributed by atoms with Gasteiger partial charge in [0, 0.05) is 11.6 Å². The highest BCUT2D eigenvalue weighted by Crippen LogP contribution is 2.48. The Morgan fingerprint density at radius 3 is 2.89 bits per heavy atom. The van der Waals surface area contributed by atoms with Crippen LogP contribution in [0.2, 0.25) is 0 Å². The predicted molar refractivity (Wildman–Crippen MR) is 74.2 cm³/mol. The molecule has 4 nitrogen and oxygen atoms in total. The van der Waals surface area contributed by atoms with Crippen molar-refractivity contribution in [3.63, 3.8) is 0 Å². The van der Waals surface area contributed by atoms with Crippen molar-refractivity contribution in [2.24, 2.45) is 0 Å². The van der Waals surface area contributed by atoms with E-state index in [0.29, 0.717) is 12.9 Å². The molecule has 1 aromatic heterocycles. The molecule has 1 saturated heterocycles. The number of hydrogen-bond acceptors (Lipinski definition) is 4. The van der Waals surface area contributed by atoms with Gasteiger partial charge in [-0.2, -0.15) is 0 Å². The third kappa shape index (κ3) is 2.01. The van der Waals surface area contributed by atoms with E-state index in [9.17, 15) is 4.79 Å². The van der Waals surface area contributed by atoms with Crippen molar-refractivity contribution in [1.82, 2.24) is 4.98 Å². The second kappa shape index (κ2) is 4.54. The fraction of sp³-hybridized carbons (Fsp3) is 0.231. The van der Waals surface area contributed by atoms with Crippen LogP contribution < -0.4 is 4.90 Å². The molecule has 0 aliphatic carbocycles. The zero-order chi connectivity index (χ0) is 13.5. The molecule has 1 unspecified atom stereocenters. The van der Waals surface area contributed by atoms with Gasteiger partial charge in [0.15, 0.2) is 10.7 Å². The topological polar surface area (TPSA) is 42.4 Å². The van der Waals surface area contributed by atoms with Gasteiger partial charge in [-0.1, -0.05) is 41.4 Å². The predicted octanol–water partition coefficient (Wildman–Crippen LogP) is 3.08. The van der Waals surface area contributed by atoms with Crippen molar-refractivity contribution >= 4 is 46.3 Å². The summed E-state index contributed by atoms with van der Waals surface area (Å²) < 4.78 is 3.89. The van der Waals surface area contributed by atoms with Crippen LogP contribution in [0.25, 0.3) is 10.9 Å². The molecule has 0 spiro atoms. The van der Waals surface area contributed by atoms with Crippen molar-refractivity contribution in [1.29, 1.82) is 0 Å². The second-order valence-corrected chi connectivity index (χ2v) is 5.72. The van der Waals surface area contributed by atoms with Gasteiger partial charge in [0.25, 0.3) is 6.47 Å². The Labute approximate surface area is 119 Å². The number of pyridine rings is 1. The molecule has 0 amide bonds. The second-order valence-electron chi connectivity index (χ2n) is 4.28. The molecule has 1 aromatic carbocycles. The Morgan fingerprint density at radius 1 is 1.37 bits per heavy atom. The Morgan fingerprint density at radius 2 is 2.16 bits per heavy atom. The number of alkyl halides is 2. The van der Waals surface area contributed by atoms with Crippen LogP contribution in [0.5, 0.6) is 0 Å². The quantitative estimate of drug-likeness (QED) is 0.496. The number of nitrogens with zero attached hydrogens (tertiary/aromatic N) is 2. The average molecular weight is 297 g/mol. The highest BCUT2D eigenvalue weighted by atomic mass is 35.5. The lowest BCUT2D eigenvalue weighted by Crippen LogP contribution is -2.61. The number of aromatic nitrogens is 1. The van der Waals surface area contributed by atoms with Crippen molar-refractivity contribution in [3.05, 3.63) is 36.5 Å². The molecule has 6 heteroatoms. The Balaban J connectivity index is 2.10. The fourth-order valence-electron chi connectivity index (χ4n) is 2.28. The van der Waals surface area contributed by atoms with Gasteiger partial charge in [0.1, 0.15) is 0 Å². The molecule has 3 rings (SSSR count). The van der Waals surface area contributed by atoms with E-state index >= 15 is 0 Å². The Kier molecular flexibility index (Phi) is 2.99. The average Bonchev–Trinajstić information content (AvgIpc) is 2.38. The van der Waals surface area contributed by atoms with E-state index in [2.05, 4.69) is 4.98 Å². The number of anilines is 1. The van der Waals surface area contributed by atoms with Gasteiger partial charge in [-0.25, -0.2) is 0 Å². The zero-order valence-corrected chi connectivity index (χ0v) is 11.3. The van der Waals surface area contributed by atoms with Crippen molar-refractivity contribution in [2.45, 2.75) is 17.1 Å². The van der Waals surface area contributed by atoms with Crippen LogP contribution in [0, 0.1) is 0 Å². The lowest BCUT2D eigenvalue weighted by Gasteiger charge is -2.50. The highest BCUT2D eigenvalue weighted by molar-refractivity contribution is 6.50. The third-order valence-electron chi connectivity index (χ3n) is 3.14. The number of fused-ring (bicyclic) bond motifs is 1. The number of benzene rings is 1. The van der Waals surface area contributed by atoms with Crippen molar-refractivity contribution < 1.29 is 9.53 Å². The molecular formula is C13H10Cl2N2O2. The maximum absolute atomic E-state index is 10.5. The molecule has 1 atom stereocenters. The molecule has 1 aliphatic heterocycles. The molecule has 0 saturated carbocycles. The number of carbonyl (C=O) groups excluding carboxylic acids is 1. The first-order valence-electron chi connectivity index (χ1n) is 5.73. The number of rotatable bonds is 3. The molecule has 0 N–H and O–H groups in total. The lowest BCUT2D eigenvalue weighted by molar-refractivity contribution is -0.137. The largest absolute Gasteiger partial charge is 0.443 e. The summed E-state index contributed by atoms with van der Waals surface area (Å²) in [6, 6.07) is 9.50. The molecule has 19 heavy (non-hydrogen) atoms. The number of para-hydroxylation sites is 1. The smallest absolute Gasteiger partial charge is 0.295 e. The first-order valence-corrected chi connectivity index (χ1v) is 6.49. The minimum absolute atomic E-state index is 0.359. The van der Waals surface area contributed by atoms with E-state index in [1.165, 1.54) is 0 Å². The Bertz CT molecular complexity index is 628. The summed E-state index contributed by atoms with van der Waals surface area (Å²) in [6.45, 7) is 0.402. The summed E-state index contributed by atoms with van der Waals surface area (Å²) in [5, 5.41) is 0.973. The highest BCUT2D eigenvalue weighted by Gasteiger charge is 2.52. The number of ether oxygens (including phenoxy) is 1. The van der Waals surface area contributed by atoms with E-state index < -0.39 is 10.7 Å². The summed E-state index contributed by atoms with van der Waals surface area (Å²) in [4.78, 5) is 16.5. The SMILES string of the molecule is O=COC1CC(Cl)(Cl)N1c1cccc2cccnc12. The summed E-state index contributed by atoms with van der Waals surface area (Å²) in [5.41, 5.74) is 1.52. The normalized spacial score (nSPS) is 20.9. The summed E-state index contributed by atoms with van der Waals surface area (Å²) >= 11 is 12.4. The van der Waals surface area contributed by atoms with E-state index in [1.807, 2.05) is 30.3 Å². The van der Waals surface area contributed by atoms with Crippen LogP contribution in [0.1, 0.15) is 6.42 Å². The van der Waals surface area contributed by atoms with Gasteiger partial charge >= 0.3 is 0 Å². The maximum Gasteiger partial charge on any atom is 0.295 e. The van der Waals surface area contributed by atoms with Crippen LogP contribution in [0.15, 0.2) is 36.5 Å². The number of hydrogen-bond donors (Lipinski definition) is 0. The Hall–Kier alpha value is -1.52. The summed E-state index contributed by atoms with van der Waals surface area (Å²) in [7, 11) is 0. The van der Waals surface area contributed by atoms with Crippen LogP contribution in [-0.2, 0) is 9.53 Å². The molecule has 2 heterocycles. The molecule has 98 valence electrons. The lowest BCUT2D eigenvalue weighted by atomic mass is 10.1. The van der Waals surface area contributed by atoms with E-state index in [4.69, 9.17) is 27.9 Å². The number of halogens is 2. The van der Waals surface area contributed by atoms with E-state index in [1.54, 1.807) is 11.1 Å². The minimum Gasteiger partial charge on any atom is -0.443 e. The number of carbonyl (C=O) groups is 1. The summed E-state index contributed by atoms with van der Waals surface area (Å²) in [6.07, 6.45) is 1.60. The van der Waals surface area contributed by atoms with Crippen LogP contribution in [0.4, 0.5) is 5.69 Å². The van der Waals surface area contributed by atoms with E-state index in [0.717, 1.165) is 16.6 Å². The van der Waals surface area contributed by atoms with Gasteiger partial charge in [-0.15, -0.1) is 0 Å². The van der Waals surface area contributed by atoms with Gasteiger partial charge < -0.3 is 9.64 Å². The minimum atomic E-state index is -1.08. The van der Waals surface area contributed by atoms with Crippen LogP contribution in [0.3, 0.4) is 0 Å². The molecule has 0 bridgehead atoms. The van der Waals surface area contributed by atoms with Crippen LogP contribution in [-0.4, -0.2) is 22.1 Å². The third-order valence-corrected chi connectivity index (χ3v) is 3.82. The molecule has 1 aliphatic rings. The summed E-state index contributed by atoms with van der Waals surface area (Å²) in [5.74, 6) is 0. The van der Waals surface area contributed by atoms with Crippen molar-refractivity contribution in [3.8, 4) is 0 Å². The maximum atomic E-state index is 10.5. The molecule has 1 fully saturated rings. The zero-order valence-electron chi connectivity index (χ0n) is 9.79. The van der Waals surface area contributed by atoms with Gasteiger partial charge in [-0.3, -0.25) is 9.78 Å². The first kappa shape index (κ1) is 12.5. The first-order chi connectivity index (χ1) is 9.13. The van der Waals surface area contributed by atoms with Crippen molar-refractivity contribution in [2.75, 3.05) is 4.90 Å². The molecular weight excluding hydrogens is 287 g/mol. The monoisotopic (exact) mass is 296 g/mol. The van der Waals surface area contributed by atoms with E-state index in [-0.39, 0.29) is 0 Å². The van der Waals surface area contributed by atoms with Gasteiger partial charge in [0.05, 0.1) is 17.6 Å².